The highest BCUT2D eigenvalue weighted by Crippen LogP contribution is 2.37. The lowest BCUT2D eigenvalue weighted by Gasteiger charge is -2.18. The smallest absolute Gasteiger partial charge is 0.496 e. The first-order chi connectivity index (χ1) is 9.43. The Balaban J connectivity index is 3.80. The van der Waals surface area contributed by atoms with Gasteiger partial charge in [-0.05, 0) is 23.6 Å². The van der Waals surface area contributed by atoms with Crippen LogP contribution in [0.3, 0.4) is 0 Å². The number of primary amides is 1. The number of alkyl halides is 3. The van der Waals surface area contributed by atoms with Crippen molar-refractivity contribution in [3.05, 3.63) is 23.3 Å². The summed E-state index contributed by atoms with van der Waals surface area (Å²) in [6.07, 6.45) is 0. The van der Waals surface area contributed by atoms with Crippen LogP contribution in [0.15, 0.2) is 17.0 Å². The number of hydrogen-bond acceptors (Lipinski definition) is 4. The van der Waals surface area contributed by atoms with Gasteiger partial charge in [-0.1, -0.05) is 13.8 Å². The van der Waals surface area contributed by atoms with Crippen LogP contribution in [0.2, 0.25) is 0 Å². The Morgan fingerprint density at radius 2 is 1.81 bits per heavy atom. The van der Waals surface area contributed by atoms with Gasteiger partial charge in [-0.3, -0.25) is 4.79 Å². The van der Waals surface area contributed by atoms with E-state index in [2.05, 4.69) is 0 Å². The summed E-state index contributed by atoms with van der Waals surface area (Å²) in [6.45, 7) is 3.04. The largest absolute Gasteiger partial charge is 0.501 e. The van der Waals surface area contributed by atoms with Gasteiger partial charge in [-0.2, -0.15) is 13.2 Å². The van der Waals surface area contributed by atoms with Gasteiger partial charge in [0.1, 0.15) is 5.75 Å². The SMILES string of the molecule is COc1cc(C(C)C)c(S(=O)(=O)C(F)(F)F)cc1C(N)=O. The standard InChI is InChI=1S/C12H14F3NO4S/c1-6(2)7-4-9(20-3)8(11(16)17)5-10(7)21(18,19)12(13,14)15/h4-6H,1-3H3,(H2,16,17). The summed E-state index contributed by atoms with van der Waals surface area (Å²) in [5, 5.41) is 0. The fraction of sp³-hybridized carbons (Fsp3) is 0.417. The van der Waals surface area contributed by atoms with E-state index in [9.17, 15) is 26.4 Å². The van der Waals surface area contributed by atoms with Crippen molar-refractivity contribution in [2.45, 2.75) is 30.2 Å². The molecule has 21 heavy (non-hydrogen) atoms. The monoisotopic (exact) mass is 325 g/mol. The van der Waals surface area contributed by atoms with E-state index in [1.807, 2.05) is 0 Å². The van der Waals surface area contributed by atoms with E-state index in [4.69, 9.17) is 10.5 Å². The summed E-state index contributed by atoms with van der Waals surface area (Å²) in [4.78, 5) is 10.3. The second-order valence-electron chi connectivity index (χ2n) is 4.56. The van der Waals surface area contributed by atoms with Crippen LogP contribution in [0.25, 0.3) is 0 Å². The molecular weight excluding hydrogens is 311 g/mol. The molecule has 0 heterocycles. The number of rotatable bonds is 4. The average molecular weight is 325 g/mol. The number of carbonyl (C=O) groups is 1. The van der Waals surface area contributed by atoms with Gasteiger partial charge >= 0.3 is 5.51 Å². The first-order valence-corrected chi connectivity index (χ1v) is 7.24. The molecule has 0 fully saturated rings. The van der Waals surface area contributed by atoms with E-state index >= 15 is 0 Å². The molecule has 0 aromatic heterocycles. The Morgan fingerprint density at radius 3 is 2.14 bits per heavy atom. The molecule has 2 N–H and O–H groups in total. The number of ether oxygens (including phenoxy) is 1. The van der Waals surface area contributed by atoms with Gasteiger partial charge in [-0.15, -0.1) is 0 Å². The summed E-state index contributed by atoms with van der Waals surface area (Å²) in [5.74, 6) is -1.69. The van der Waals surface area contributed by atoms with Gasteiger partial charge in [0.15, 0.2) is 0 Å². The Hall–Kier alpha value is -1.77. The second-order valence-corrected chi connectivity index (χ2v) is 6.47. The van der Waals surface area contributed by atoms with Crippen molar-refractivity contribution in [1.29, 1.82) is 0 Å². The number of benzene rings is 1. The highest BCUT2D eigenvalue weighted by Gasteiger charge is 2.48. The zero-order valence-corrected chi connectivity index (χ0v) is 12.3. The van der Waals surface area contributed by atoms with E-state index < -0.39 is 37.6 Å². The van der Waals surface area contributed by atoms with E-state index in [0.29, 0.717) is 6.07 Å². The van der Waals surface area contributed by atoms with Gasteiger partial charge in [0.05, 0.1) is 17.6 Å². The van der Waals surface area contributed by atoms with Crippen molar-refractivity contribution < 1.29 is 31.1 Å². The third-order valence-corrected chi connectivity index (χ3v) is 4.36. The zero-order chi connectivity index (χ0) is 16.6. The van der Waals surface area contributed by atoms with Crippen molar-refractivity contribution in [3.8, 4) is 5.75 Å². The normalized spacial score (nSPS) is 12.5. The lowest BCUT2D eigenvalue weighted by molar-refractivity contribution is -0.0436. The van der Waals surface area contributed by atoms with E-state index in [-0.39, 0.29) is 11.3 Å². The first-order valence-electron chi connectivity index (χ1n) is 5.76. The second kappa shape index (κ2) is 5.55. The molecule has 5 nitrogen and oxygen atoms in total. The number of carbonyl (C=O) groups excluding carboxylic acids is 1. The van der Waals surface area contributed by atoms with E-state index in [0.717, 1.165) is 6.07 Å². The Bertz CT molecular complexity index is 666. The number of methoxy groups -OCH3 is 1. The molecule has 0 saturated heterocycles. The quantitative estimate of drug-likeness (QED) is 0.919. The number of halogens is 3. The van der Waals surface area contributed by atoms with Crippen LogP contribution in [-0.2, 0) is 9.84 Å². The molecule has 1 amide bonds. The summed E-state index contributed by atoms with van der Waals surface area (Å²) in [7, 11) is -4.40. The molecule has 0 unspecified atom stereocenters. The molecule has 0 aliphatic heterocycles. The van der Waals surface area contributed by atoms with Crippen molar-refractivity contribution >= 4 is 15.7 Å². The molecule has 1 aromatic carbocycles. The molecule has 1 rings (SSSR count). The maximum absolute atomic E-state index is 12.7. The molecule has 0 saturated carbocycles. The lowest BCUT2D eigenvalue weighted by atomic mass is 10.0. The van der Waals surface area contributed by atoms with Crippen molar-refractivity contribution in [3.63, 3.8) is 0 Å². The van der Waals surface area contributed by atoms with Crippen LogP contribution in [0.1, 0.15) is 35.7 Å². The maximum Gasteiger partial charge on any atom is 0.501 e. The highest BCUT2D eigenvalue weighted by atomic mass is 32.2. The summed E-state index contributed by atoms with van der Waals surface area (Å²) >= 11 is 0. The fourth-order valence-electron chi connectivity index (χ4n) is 1.75. The topological polar surface area (TPSA) is 86.5 Å². The minimum Gasteiger partial charge on any atom is -0.496 e. The van der Waals surface area contributed by atoms with Crippen LogP contribution in [0, 0.1) is 0 Å². The Labute approximate surface area is 119 Å². The lowest BCUT2D eigenvalue weighted by Crippen LogP contribution is -2.25. The van der Waals surface area contributed by atoms with Gasteiger partial charge < -0.3 is 10.5 Å². The number of nitrogens with two attached hydrogens (primary N) is 1. The van der Waals surface area contributed by atoms with Crippen molar-refractivity contribution in [2.75, 3.05) is 7.11 Å². The highest BCUT2D eigenvalue weighted by molar-refractivity contribution is 7.92. The third kappa shape index (κ3) is 3.12. The minimum absolute atomic E-state index is 0.0766. The molecule has 0 bridgehead atoms. The third-order valence-electron chi connectivity index (χ3n) is 2.81. The minimum atomic E-state index is -5.60. The molecule has 118 valence electrons. The van der Waals surface area contributed by atoms with Crippen LogP contribution >= 0.6 is 0 Å². The Morgan fingerprint density at radius 1 is 1.29 bits per heavy atom. The Kier molecular flexibility index (Phi) is 4.57. The number of sulfone groups is 1. The maximum atomic E-state index is 12.7. The fourth-order valence-corrected chi connectivity index (χ4v) is 2.87. The van der Waals surface area contributed by atoms with Crippen LogP contribution < -0.4 is 10.5 Å². The van der Waals surface area contributed by atoms with Gasteiger partial charge in [0.2, 0.25) is 0 Å². The number of hydrogen-bond donors (Lipinski definition) is 1. The number of amides is 1. The van der Waals surface area contributed by atoms with E-state index in [1.54, 1.807) is 0 Å². The molecule has 0 radical (unpaired) electrons. The molecule has 0 spiro atoms. The van der Waals surface area contributed by atoms with Crippen molar-refractivity contribution in [2.24, 2.45) is 5.73 Å². The molecular formula is C12H14F3NO4S. The first kappa shape index (κ1) is 17.3. The molecule has 1 aromatic rings. The summed E-state index contributed by atoms with van der Waals surface area (Å²) in [6, 6.07) is 1.70. The van der Waals surface area contributed by atoms with E-state index in [1.165, 1.54) is 21.0 Å². The summed E-state index contributed by atoms with van der Waals surface area (Å²) in [5.41, 5.74) is -0.958. The predicted octanol–water partition coefficient (Wildman–Crippen LogP) is 2.21. The predicted molar refractivity (Wildman–Crippen MR) is 68.8 cm³/mol. The van der Waals surface area contributed by atoms with Gasteiger partial charge in [-0.25, -0.2) is 8.42 Å². The zero-order valence-electron chi connectivity index (χ0n) is 11.5. The molecule has 9 heteroatoms. The average Bonchev–Trinajstić information content (AvgIpc) is 2.35. The van der Waals surface area contributed by atoms with Gasteiger partial charge in [0, 0.05) is 0 Å². The van der Waals surface area contributed by atoms with Crippen LogP contribution in [0.4, 0.5) is 13.2 Å². The van der Waals surface area contributed by atoms with Crippen LogP contribution in [-0.4, -0.2) is 26.9 Å². The van der Waals surface area contributed by atoms with Crippen molar-refractivity contribution in [1.82, 2.24) is 0 Å². The molecule has 0 aliphatic rings. The summed E-state index contributed by atoms with van der Waals surface area (Å²) < 4.78 is 66.4. The molecule has 0 aliphatic carbocycles. The van der Waals surface area contributed by atoms with Crippen LogP contribution in [0.5, 0.6) is 5.75 Å². The molecule has 0 atom stereocenters. The van der Waals surface area contributed by atoms with Gasteiger partial charge in [0.25, 0.3) is 15.7 Å².